The molecule has 144 valence electrons. The molecule has 0 spiro atoms. The molecular weight excluding hydrogens is 380 g/mol. The van der Waals surface area contributed by atoms with E-state index in [-0.39, 0.29) is 18.2 Å². The summed E-state index contributed by atoms with van der Waals surface area (Å²) in [6.07, 6.45) is 0.992. The number of rotatable bonds is 4. The lowest BCUT2D eigenvalue weighted by molar-refractivity contribution is -0.0473. The molecule has 0 aliphatic carbocycles. The van der Waals surface area contributed by atoms with Crippen LogP contribution in [0.4, 0.5) is 5.00 Å². The van der Waals surface area contributed by atoms with Crippen LogP contribution in [0.3, 0.4) is 0 Å². The van der Waals surface area contributed by atoms with Gasteiger partial charge in [0.2, 0.25) is 0 Å². The Bertz CT molecular complexity index is 797. The predicted octanol–water partition coefficient (Wildman–Crippen LogP) is 3.93. The molecule has 5 nitrogen and oxygen atoms in total. The number of thiophene rings is 1. The number of nitrogens with one attached hydrogen (secondary N) is 1. The van der Waals surface area contributed by atoms with Crippen LogP contribution in [0.15, 0.2) is 36.4 Å². The summed E-state index contributed by atoms with van der Waals surface area (Å²) >= 11 is 7.13. The van der Waals surface area contributed by atoms with Crippen molar-refractivity contribution in [1.29, 1.82) is 0 Å². The van der Waals surface area contributed by atoms with E-state index in [4.69, 9.17) is 21.7 Å². The van der Waals surface area contributed by atoms with Gasteiger partial charge in [-0.3, -0.25) is 0 Å². The second-order valence-corrected chi connectivity index (χ2v) is 8.23. The first-order chi connectivity index (χ1) is 13.0. The first-order valence-corrected chi connectivity index (χ1v) is 10.1. The number of morpholine rings is 1. The second-order valence-electron chi connectivity index (χ2n) is 6.70. The molecule has 0 amide bonds. The van der Waals surface area contributed by atoms with Crippen LogP contribution in [0.5, 0.6) is 0 Å². The van der Waals surface area contributed by atoms with Crippen molar-refractivity contribution >= 4 is 39.6 Å². The fourth-order valence-corrected chi connectivity index (χ4v) is 4.59. The number of hydrogen-bond donors (Lipinski definition) is 1. The fourth-order valence-electron chi connectivity index (χ4n) is 3.20. The average molecular weight is 405 g/mol. The Balaban J connectivity index is 1.78. The largest absolute Gasteiger partial charge is 0.465 e. The predicted molar refractivity (Wildman–Crippen MR) is 113 cm³/mol. The zero-order valence-corrected chi connectivity index (χ0v) is 17.4. The summed E-state index contributed by atoms with van der Waals surface area (Å²) in [7, 11) is 1.39. The number of benzene rings is 1. The van der Waals surface area contributed by atoms with Gasteiger partial charge in [-0.05, 0) is 37.7 Å². The van der Waals surface area contributed by atoms with E-state index < -0.39 is 0 Å². The molecule has 0 saturated carbocycles. The summed E-state index contributed by atoms with van der Waals surface area (Å²) in [5.41, 5.74) is 1.71. The van der Waals surface area contributed by atoms with Gasteiger partial charge in [0.1, 0.15) is 5.00 Å². The molecule has 7 heteroatoms. The SMILES string of the molecule is COC(=O)c1cc(Cc2ccccc2)sc1NC(=S)N1C[C@@H](C)O[C@H](C)C1. The van der Waals surface area contributed by atoms with Crippen molar-refractivity contribution in [3.05, 3.63) is 52.4 Å². The van der Waals surface area contributed by atoms with Gasteiger partial charge in [-0.15, -0.1) is 11.3 Å². The van der Waals surface area contributed by atoms with Crippen molar-refractivity contribution in [3.8, 4) is 0 Å². The van der Waals surface area contributed by atoms with Crippen molar-refractivity contribution < 1.29 is 14.3 Å². The monoisotopic (exact) mass is 404 g/mol. The minimum Gasteiger partial charge on any atom is -0.465 e. The smallest absolute Gasteiger partial charge is 0.340 e. The molecule has 2 aromatic rings. The molecule has 0 radical (unpaired) electrons. The number of hydrogen-bond acceptors (Lipinski definition) is 5. The van der Waals surface area contributed by atoms with Crippen molar-refractivity contribution in [2.24, 2.45) is 0 Å². The van der Waals surface area contributed by atoms with Gasteiger partial charge in [-0.2, -0.15) is 0 Å². The van der Waals surface area contributed by atoms with E-state index in [0.717, 1.165) is 29.4 Å². The van der Waals surface area contributed by atoms with Gasteiger partial charge in [-0.25, -0.2) is 4.79 Å². The summed E-state index contributed by atoms with van der Waals surface area (Å²) in [5, 5.41) is 4.60. The van der Waals surface area contributed by atoms with Crippen LogP contribution in [0.25, 0.3) is 0 Å². The number of anilines is 1. The van der Waals surface area contributed by atoms with E-state index in [1.807, 2.05) is 38.1 Å². The van der Waals surface area contributed by atoms with E-state index in [9.17, 15) is 4.79 Å². The highest BCUT2D eigenvalue weighted by Gasteiger charge is 2.25. The quantitative estimate of drug-likeness (QED) is 0.616. The number of esters is 1. The molecule has 0 bridgehead atoms. The van der Waals surface area contributed by atoms with Gasteiger partial charge >= 0.3 is 5.97 Å². The highest BCUT2D eigenvalue weighted by molar-refractivity contribution is 7.80. The van der Waals surface area contributed by atoms with Gasteiger partial charge in [-0.1, -0.05) is 30.3 Å². The molecule has 27 heavy (non-hydrogen) atoms. The van der Waals surface area contributed by atoms with Crippen LogP contribution in [0, 0.1) is 0 Å². The van der Waals surface area contributed by atoms with Crippen molar-refractivity contribution in [3.63, 3.8) is 0 Å². The molecule has 0 unspecified atom stereocenters. The minimum absolute atomic E-state index is 0.116. The molecule has 1 aromatic carbocycles. The van der Waals surface area contributed by atoms with Gasteiger partial charge in [0.25, 0.3) is 0 Å². The van der Waals surface area contributed by atoms with E-state index >= 15 is 0 Å². The fraction of sp³-hybridized carbons (Fsp3) is 0.400. The van der Waals surface area contributed by atoms with Gasteiger partial charge in [0.15, 0.2) is 5.11 Å². The van der Waals surface area contributed by atoms with Crippen LogP contribution >= 0.6 is 23.6 Å². The third-order valence-electron chi connectivity index (χ3n) is 4.34. The Kier molecular flexibility index (Phi) is 6.46. The third kappa shape index (κ3) is 5.06. The highest BCUT2D eigenvalue weighted by Crippen LogP contribution is 2.31. The van der Waals surface area contributed by atoms with Gasteiger partial charge < -0.3 is 19.7 Å². The molecule has 1 saturated heterocycles. The first kappa shape index (κ1) is 19.8. The first-order valence-electron chi connectivity index (χ1n) is 8.92. The average Bonchev–Trinajstić information content (AvgIpc) is 3.03. The van der Waals surface area contributed by atoms with Crippen LogP contribution in [0.2, 0.25) is 0 Å². The third-order valence-corrected chi connectivity index (χ3v) is 5.75. The van der Waals surface area contributed by atoms with Gasteiger partial charge in [0.05, 0.1) is 24.9 Å². The Labute approximate surface area is 169 Å². The maximum atomic E-state index is 12.2. The summed E-state index contributed by atoms with van der Waals surface area (Å²) in [6, 6.07) is 12.1. The lowest BCUT2D eigenvalue weighted by atomic mass is 10.1. The molecule has 2 heterocycles. The second kappa shape index (κ2) is 8.82. The van der Waals surface area contributed by atoms with E-state index in [1.54, 1.807) is 0 Å². The number of ether oxygens (including phenoxy) is 2. The Morgan fingerprint density at radius 3 is 2.59 bits per heavy atom. The molecule has 1 aliphatic heterocycles. The van der Waals surface area contributed by atoms with Crippen molar-refractivity contribution in [2.75, 3.05) is 25.5 Å². The molecule has 1 fully saturated rings. The summed E-state index contributed by atoms with van der Waals surface area (Å²) in [4.78, 5) is 15.4. The Hall–Kier alpha value is -1.96. The van der Waals surface area contributed by atoms with E-state index in [0.29, 0.717) is 10.7 Å². The number of thiocarbonyl (C=S) groups is 1. The topological polar surface area (TPSA) is 50.8 Å². The number of carbonyl (C=O) groups excluding carboxylic acids is 1. The molecule has 1 N–H and O–H groups in total. The van der Waals surface area contributed by atoms with E-state index in [1.165, 1.54) is 24.0 Å². The maximum absolute atomic E-state index is 12.2. The lowest BCUT2D eigenvalue weighted by Crippen LogP contribution is -2.49. The summed E-state index contributed by atoms with van der Waals surface area (Å²) < 4.78 is 10.7. The maximum Gasteiger partial charge on any atom is 0.340 e. The van der Waals surface area contributed by atoms with Gasteiger partial charge in [0, 0.05) is 24.4 Å². The molecule has 2 atom stereocenters. The van der Waals surface area contributed by atoms with E-state index in [2.05, 4.69) is 22.3 Å². The molecule has 3 rings (SSSR count). The summed E-state index contributed by atoms with van der Waals surface area (Å²) in [5.74, 6) is -0.362. The normalized spacial score (nSPS) is 19.6. The van der Waals surface area contributed by atoms with Crippen LogP contribution < -0.4 is 5.32 Å². The Morgan fingerprint density at radius 2 is 1.96 bits per heavy atom. The zero-order chi connectivity index (χ0) is 19.4. The van der Waals surface area contributed by atoms with Crippen molar-refractivity contribution in [1.82, 2.24) is 4.90 Å². The lowest BCUT2D eigenvalue weighted by Gasteiger charge is -2.36. The van der Waals surface area contributed by atoms with Crippen LogP contribution in [-0.2, 0) is 15.9 Å². The highest BCUT2D eigenvalue weighted by atomic mass is 32.1. The molecule has 1 aromatic heterocycles. The van der Waals surface area contributed by atoms with Crippen LogP contribution in [0.1, 0.15) is 34.6 Å². The summed E-state index contributed by atoms with van der Waals surface area (Å²) in [6.45, 7) is 5.53. The number of carbonyl (C=O) groups is 1. The molecular formula is C20H24N2O3S2. The number of nitrogens with zero attached hydrogens (tertiary/aromatic N) is 1. The minimum atomic E-state index is -0.362. The standard InChI is InChI=1S/C20H24N2O3S2/c1-13-11-22(12-14(2)25-13)20(26)21-18-17(19(23)24-3)10-16(27-18)9-15-7-5-4-6-8-15/h4-8,10,13-14H,9,11-12H2,1-3H3,(H,21,26)/t13-,14-/m1/s1. The zero-order valence-electron chi connectivity index (χ0n) is 15.7. The number of methoxy groups -OCH3 is 1. The Morgan fingerprint density at radius 1 is 1.30 bits per heavy atom. The molecule has 1 aliphatic rings. The van der Waals surface area contributed by atoms with Crippen LogP contribution in [-0.4, -0.2) is 48.4 Å². The van der Waals surface area contributed by atoms with Crippen molar-refractivity contribution in [2.45, 2.75) is 32.5 Å².